The molecule has 1 fully saturated rings. The van der Waals surface area contributed by atoms with Gasteiger partial charge in [0.05, 0.1) is 6.33 Å². The molecule has 0 atom stereocenters. The molecule has 2 heterocycles. The molecule has 0 amide bonds. The topological polar surface area (TPSA) is 44.0 Å². The second-order valence-electron chi connectivity index (χ2n) is 2.66. The first-order valence-electron chi connectivity index (χ1n) is 3.91. The third-order valence-corrected chi connectivity index (χ3v) is 1.92. The van der Waals surface area contributed by atoms with Gasteiger partial charge in [0.15, 0.2) is 0 Å². The summed E-state index contributed by atoms with van der Waals surface area (Å²) in [7, 11) is 0. The van der Waals surface area contributed by atoms with Gasteiger partial charge in [0.25, 0.3) is 0 Å². The standard InChI is InChI=1S/C7H12N4/c1-3-11(4-2-8-1)7-5-9-6-10-7/h5-6,8H,1-4H2,(H,9,10). The highest BCUT2D eigenvalue weighted by atomic mass is 15.2. The van der Waals surface area contributed by atoms with Gasteiger partial charge in [-0.3, -0.25) is 0 Å². The van der Waals surface area contributed by atoms with Gasteiger partial charge in [0, 0.05) is 32.4 Å². The van der Waals surface area contributed by atoms with Crippen molar-refractivity contribution in [1.29, 1.82) is 0 Å². The number of rotatable bonds is 1. The monoisotopic (exact) mass is 152 g/mol. The van der Waals surface area contributed by atoms with E-state index in [0.717, 1.165) is 32.0 Å². The van der Waals surface area contributed by atoms with Gasteiger partial charge >= 0.3 is 0 Å². The van der Waals surface area contributed by atoms with Crippen molar-refractivity contribution in [3.63, 3.8) is 0 Å². The summed E-state index contributed by atoms with van der Waals surface area (Å²) < 4.78 is 0. The number of nitrogens with zero attached hydrogens (tertiary/aromatic N) is 2. The van der Waals surface area contributed by atoms with E-state index in [1.807, 2.05) is 6.20 Å². The number of hydrogen-bond donors (Lipinski definition) is 2. The molecule has 0 spiro atoms. The zero-order chi connectivity index (χ0) is 7.52. The summed E-state index contributed by atoms with van der Waals surface area (Å²) in [5.41, 5.74) is 0. The van der Waals surface area contributed by atoms with Crippen LogP contribution in [0.4, 0.5) is 5.82 Å². The van der Waals surface area contributed by atoms with Gasteiger partial charge in [-0.25, -0.2) is 4.98 Å². The Labute approximate surface area is 65.6 Å². The molecule has 0 bridgehead atoms. The molecule has 4 heteroatoms. The van der Waals surface area contributed by atoms with Crippen LogP contribution in [0.2, 0.25) is 0 Å². The summed E-state index contributed by atoms with van der Waals surface area (Å²) in [4.78, 5) is 9.41. The maximum atomic E-state index is 4.18. The van der Waals surface area contributed by atoms with E-state index >= 15 is 0 Å². The minimum absolute atomic E-state index is 1.06. The van der Waals surface area contributed by atoms with Crippen LogP contribution in [-0.4, -0.2) is 36.1 Å². The van der Waals surface area contributed by atoms with Crippen LogP contribution in [0.25, 0.3) is 0 Å². The zero-order valence-electron chi connectivity index (χ0n) is 6.38. The fraction of sp³-hybridized carbons (Fsp3) is 0.571. The minimum atomic E-state index is 1.06. The largest absolute Gasteiger partial charge is 0.353 e. The van der Waals surface area contributed by atoms with Crippen LogP contribution in [0, 0.1) is 0 Å². The molecule has 1 aliphatic heterocycles. The highest BCUT2D eigenvalue weighted by Gasteiger charge is 2.10. The fourth-order valence-corrected chi connectivity index (χ4v) is 1.32. The first kappa shape index (κ1) is 6.67. The maximum absolute atomic E-state index is 4.18. The summed E-state index contributed by atoms with van der Waals surface area (Å²) in [5.74, 6) is 1.06. The molecular weight excluding hydrogens is 140 g/mol. The lowest BCUT2D eigenvalue weighted by Crippen LogP contribution is -2.43. The second-order valence-corrected chi connectivity index (χ2v) is 2.66. The van der Waals surface area contributed by atoms with Gasteiger partial charge in [-0.05, 0) is 0 Å². The number of piperazine rings is 1. The van der Waals surface area contributed by atoms with Gasteiger partial charge in [-0.2, -0.15) is 0 Å². The van der Waals surface area contributed by atoms with E-state index < -0.39 is 0 Å². The molecule has 0 aromatic carbocycles. The van der Waals surface area contributed by atoms with Gasteiger partial charge in [-0.15, -0.1) is 0 Å². The quantitative estimate of drug-likeness (QED) is 0.586. The molecule has 1 aromatic rings. The van der Waals surface area contributed by atoms with E-state index in [9.17, 15) is 0 Å². The van der Waals surface area contributed by atoms with Crippen LogP contribution in [0.5, 0.6) is 0 Å². The van der Waals surface area contributed by atoms with Crippen molar-refractivity contribution in [2.75, 3.05) is 31.1 Å². The Morgan fingerprint density at radius 1 is 1.36 bits per heavy atom. The molecule has 1 aromatic heterocycles. The van der Waals surface area contributed by atoms with Crippen LogP contribution < -0.4 is 10.2 Å². The molecular formula is C7H12N4. The normalized spacial score (nSPS) is 18.7. The number of aromatic amines is 1. The highest BCUT2D eigenvalue weighted by Crippen LogP contribution is 2.07. The van der Waals surface area contributed by atoms with Gasteiger partial charge in [0.1, 0.15) is 5.82 Å². The molecule has 1 aliphatic rings. The number of hydrogen-bond acceptors (Lipinski definition) is 3. The molecule has 60 valence electrons. The van der Waals surface area contributed by atoms with Crippen LogP contribution in [0.15, 0.2) is 12.5 Å². The first-order valence-corrected chi connectivity index (χ1v) is 3.91. The predicted molar refractivity (Wildman–Crippen MR) is 43.7 cm³/mol. The summed E-state index contributed by atoms with van der Waals surface area (Å²) in [6.45, 7) is 4.25. The summed E-state index contributed by atoms with van der Waals surface area (Å²) >= 11 is 0. The third-order valence-electron chi connectivity index (χ3n) is 1.92. The van der Waals surface area contributed by atoms with E-state index in [0.29, 0.717) is 0 Å². The van der Waals surface area contributed by atoms with Crippen molar-refractivity contribution >= 4 is 5.82 Å². The highest BCUT2D eigenvalue weighted by molar-refractivity contribution is 5.35. The lowest BCUT2D eigenvalue weighted by Gasteiger charge is -2.26. The Kier molecular flexibility index (Phi) is 1.77. The number of nitrogens with one attached hydrogen (secondary N) is 2. The first-order chi connectivity index (χ1) is 5.47. The average molecular weight is 152 g/mol. The Morgan fingerprint density at radius 3 is 2.82 bits per heavy atom. The van der Waals surface area contributed by atoms with Crippen LogP contribution >= 0.6 is 0 Å². The number of anilines is 1. The Balaban J connectivity index is 2.04. The lowest BCUT2D eigenvalue weighted by molar-refractivity contribution is 0.586. The zero-order valence-corrected chi connectivity index (χ0v) is 6.38. The van der Waals surface area contributed by atoms with Crippen molar-refractivity contribution < 1.29 is 0 Å². The van der Waals surface area contributed by atoms with Crippen LogP contribution in [-0.2, 0) is 0 Å². The molecule has 11 heavy (non-hydrogen) atoms. The molecule has 2 rings (SSSR count). The van der Waals surface area contributed by atoms with Crippen molar-refractivity contribution in [3.05, 3.63) is 12.5 Å². The maximum Gasteiger partial charge on any atom is 0.146 e. The smallest absolute Gasteiger partial charge is 0.146 e. The van der Waals surface area contributed by atoms with E-state index in [2.05, 4.69) is 20.2 Å². The van der Waals surface area contributed by atoms with E-state index in [-0.39, 0.29) is 0 Å². The van der Waals surface area contributed by atoms with Crippen LogP contribution in [0.3, 0.4) is 0 Å². The van der Waals surface area contributed by atoms with E-state index in [1.165, 1.54) is 0 Å². The predicted octanol–water partition coefficient (Wildman–Crippen LogP) is -0.181. The molecule has 0 aliphatic carbocycles. The van der Waals surface area contributed by atoms with Crippen molar-refractivity contribution in [2.45, 2.75) is 0 Å². The molecule has 1 saturated heterocycles. The number of imidazole rings is 1. The summed E-state index contributed by atoms with van der Waals surface area (Å²) in [5, 5.41) is 3.30. The van der Waals surface area contributed by atoms with Crippen LogP contribution in [0.1, 0.15) is 0 Å². The molecule has 0 saturated carbocycles. The molecule has 4 nitrogen and oxygen atoms in total. The minimum Gasteiger partial charge on any atom is -0.353 e. The number of H-pyrrole nitrogens is 1. The Bertz CT molecular complexity index is 200. The second kappa shape index (κ2) is 2.92. The van der Waals surface area contributed by atoms with Crippen molar-refractivity contribution in [3.8, 4) is 0 Å². The van der Waals surface area contributed by atoms with Crippen molar-refractivity contribution in [2.24, 2.45) is 0 Å². The molecule has 2 N–H and O–H groups in total. The summed E-state index contributed by atoms with van der Waals surface area (Å²) in [6, 6.07) is 0. The number of aromatic nitrogens is 2. The third kappa shape index (κ3) is 1.35. The SMILES string of the molecule is c1nc(N2CCNCC2)c[nH]1. The molecule has 0 radical (unpaired) electrons. The van der Waals surface area contributed by atoms with Gasteiger partial charge in [0.2, 0.25) is 0 Å². The Morgan fingerprint density at radius 2 is 2.18 bits per heavy atom. The van der Waals surface area contributed by atoms with E-state index in [1.54, 1.807) is 6.33 Å². The van der Waals surface area contributed by atoms with Gasteiger partial charge < -0.3 is 15.2 Å². The van der Waals surface area contributed by atoms with Gasteiger partial charge in [-0.1, -0.05) is 0 Å². The van der Waals surface area contributed by atoms with Crippen molar-refractivity contribution in [1.82, 2.24) is 15.3 Å². The Hall–Kier alpha value is -1.03. The fourth-order valence-electron chi connectivity index (χ4n) is 1.32. The molecule has 0 unspecified atom stereocenters. The average Bonchev–Trinajstić information content (AvgIpc) is 2.58. The van der Waals surface area contributed by atoms with E-state index in [4.69, 9.17) is 0 Å². The summed E-state index contributed by atoms with van der Waals surface area (Å²) in [6.07, 6.45) is 3.66. The lowest BCUT2D eigenvalue weighted by atomic mass is 10.4.